The number of hydrogen-bond acceptors (Lipinski definition) is 8. The smallest absolute Gasteiger partial charge is 0.178 e. The van der Waals surface area contributed by atoms with Gasteiger partial charge in [-0.2, -0.15) is 0 Å². The van der Waals surface area contributed by atoms with Crippen LogP contribution in [0.25, 0.3) is 0 Å². The van der Waals surface area contributed by atoms with Crippen molar-refractivity contribution in [2.24, 2.45) is 0 Å². The van der Waals surface area contributed by atoms with E-state index in [4.69, 9.17) is 0 Å². The number of fused-ring (bicyclic) bond motifs is 2. The molecule has 0 atom stereocenters. The third-order valence-corrected chi connectivity index (χ3v) is 6.44. The van der Waals surface area contributed by atoms with E-state index in [9.17, 15) is 8.78 Å². The van der Waals surface area contributed by atoms with Crippen LogP contribution in [0.4, 0.5) is 43.4 Å². The van der Waals surface area contributed by atoms with Crippen LogP contribution in [0.15, 0.2) is 73.3 Å². The van der Waals surface area contributed by atoms with Crippen LogP contribution in [-0.2, 0) is 0 Å². The zero-order valence-corrected chi connectivity index (χ0v) is 19.5. The van der Waals surface area contributed by atoms with Gasteiger partial charge in [-0.15, -0.1) is 0 Å². The Morgan fingerprint density at radius 3 is 1.28 bits per heavy atom. The van der Waals surface area contributed by atoms with E-state index >= 15 is 0 Å². The van der Waals surface area contributed by atoms with Gasteiger partial charge in [-0.05, 0) is 61.4 Å². The van der Waals surface area contributed by atoms with Gasteiger partial charge in [0.1, 0.15) is 11.6 Å². The Hall–Kier alpha value is -4.34. The highest BCUT2D eigenvalue weighted by Gasteiger charge is 2.31. The summed E-state index contributed by atoms with van der Waals surface area (Å²) < 4.78 is 26.8. The topological polar surface area (TPSA) is 64.5 Å². The lowest BCUT2D eigenvalue weighted by molar-refractivity contribution is 0.627. The van der Waals surface area contributed by atoms with Gasteiger partial charge in [-0.3, -0.25) is 0 Å². The van der Waals surface area contributed by atoms with Crippen molar-refractivity contribution in [2.75, 3.05) is 46.0 Å². The van der Waals surface area contributed by atoms with E-state index in [0.29, 0.717) is 13.3 Å². The van der Waals surface area contributed by atoms with Gasteiger partial charge >= 0.3 is 0 Å². The monoisotopic (exact) mass is 486 g/mol. The lowest BCUT2D eigenvalue weighted by atomic mass is 10.3. The Labute approximate surface area is 207 Å². The van der Waals surface area contributed by atoms with Crippen molar-refractivity contribution in [2.45, 2.75) is 12.8 Å². The van der Waals surface area contributed by atoms with Crippen molar-refractivity contribution in [3.63, 3.8) is 0 Å². The quantitative estimate of drug-likeness (QED) is 0.344. The molecule has 8 nitrogen and oxygen atoms in total. The fourth-order valence-electron chi connectivity index (χ4n) is 4.69. The minimum Gasteiger partial charge on any atom is -0.335 e. The molecule has 2 aromatic carbocycles. The van der Waals surface area contributed by atoms with E-state index in [1.807, 2.05) is 0 Å². The fourth-order valence-corrected chi connectivity index (χ4v) is 4.69. The van der Waals surface area contributed by atoms with Gasteiger partial charge in [-0.1, -0.05) is 0 Å². The molecule has 4 aromatic rings. The van der Waals surface area contributed by atoms with Crippen molar-refractivity contribution >= 4 is 34.6 Å². The molecule has 0 spiro atoms. The molecule has 0 amide bonds. The van der Waals surface area contributed by atoms with Crippen molar-refractivity contribution in [1.29, 1.82) is 0 Å². The SMILES string of the molecule is Fc1ccc(N2CN(CCCCN3CN(c4ccc(F)cc4)c4nccnc43)c3nccnc32)cc1. The maximum Gasteiger partial charge on any atom is 0.178 e. The molecule has 182 valence electrons. The van der Waals surface area contributed by atoms with Crippen LogP contribution in [0.1, 0.15) is 12.8 Å². The summed E-state index contributed by atoms with van der Waals surface area (Å²) in [5, 5.41) is 0. The molecule has 2 aliphatic heterocycles. The van der Waals surface area contributed by atoms with Crippen LogP contribution in [-0.4, -0.2) is 46.4 Å². The van der Waals surface area contributed by atoms with Gasteiger partial charge in [0, 0.05) is 49.3 Å². The van der Waals surface area contributed by atoms with Crippen molar-refractivity contribution in [3.05, 3.63) is 85.0 Å². The van der Waals surface area contributed by atoms with Gasteiger partial charge < -0.3 is 19.6 Å². The van der Waals surface area contributed by atoms with E-state index in [2.05, 4.69) is 39.5 Å². The van der Waals surface area contributed by atoms with E-state index < -0.39 is 0 Å². The second-order valence-electron chi connectivity index (χ2n) is 8.73. The van der Waals surface area contributed by atoms with Gasteiger partial charge in [0.05, 0.1) is 13.3 Å². The average molecular weight is 487 g/mol. The molecular formula is C26H24F2N8. The second-order valence-corrected chi connectivity index (χ2v) is 8.73. The molecule has 0 aliphatic carbocycles. The van der Waals surface area contributed by atoms with Crippen molar-refractivity contribution < 1.29 is 8.78 Å². The van der Waals surface area contributed by atoms with Crippen LogP contribution in [0.2, 0.25) is 0 Å². The first kappa shape index (κ1) is 22.1. The molecule has 0 saturated carbocycles. The van der Waals surface area contributed by atoms with Crippen molar-refractivity contribution in [1.82, 2.24) is 19.9 Å². The van der Waals surface area contributed by atoms with E-state index in [1.54, 1.807) is 49.1 Å². The molecule has 0 bridgehead atoms. The van der Waals surface area contributed by atoms with E-state index in [0.717, 1.165) is 60.6 Å². The van der Waals surface area contributed by atoms with Crippen molar-refractivity contribution in [3.8, 4) is 0 Å². The number of anilines is 6. The first-order chi connectivity index (χ1) is 17.7. The predicted octanol–water partition coefficient (Wildman–Crippen LogP) is 4.86. The molecule has 6 rings (SSSR count). The standard InChI is InChI=1S/C26H24F2N8/c27-19-3-7-21(8-4-19)35-17-33(23-25(35)31-13-11-29-23)15-1-2-16-34-18-36(22-9-5-20(28)6-10-22)26-24(34)30-12-14-32-26/h3-14H,1-2,15-18H2. The first-order valence-electron chi connectivity index (χ1n) is 11.9. The minimum absolute atomic E-state index is 0.264. The summed E-state index contributed by atoms with van der Waals surface area (Å²) in [4.78, 5) is 26.7. The highest BCUT2D eigenvalue weighted by Crippen LogP contribution is 2.38. The Morgan fingerprint density at radius 1 is 0.528 bits per heavy atom. The van der Waals surface area contributed by atoms with Gasteiger partial charge in [0.25, 0.3) is 0 Å². The van der Waals surface area contributed by atoms with Crippen LogP contribution >= 0.6 is 0 Å². The Bertz CT molecular complexity index is 1240. The van der Waals surface area contributed by atoms with Crippen LogP contribution < -0.4 is 19.6 Å². The molecule has 0 radical (unpaired) electrons. The third-order valence-electron chi connectivity index (χ3n) is 6.44. The zero-order valence-electron chi connectivity index (χ0n) is 19.5. The molecule has 0 saturated heterocycles. The summed E-state index contributed by atoms with van der Waals surface area (Å²) in [5.74, 6) is 2.70. The molecule has 4 heterocycles. The summed E-state index contributed by atoms with van der Waals surface area (Å²) in [7, 11) is 0. The summed E-state index contributed by atoms with van der Waals surface area (Å²) in [6, 6.07) is 12.9. The average Bonchev–Trinajstić information content (AvgIpc) is 3.47. The maximum atomic E-state index is 13.4. The number of benzene rings is 2. The molecule has 0 N–H and O–H groups in total. The van der Waals surface area contributed by atoms with E-state index in [-0.39, 0.29) is 11.6 Å². The third kappa shape index (κ3) is 4.15. The Morgan fingerprint density at radius 2 is 0.889 bits per heavy atom. The lowest BCUT2D eigenvalue weighted by Gasteiger charge is -2.22. The Balaban J connectivity index is 1.10. The summed E-state index contributed by atoms with van der Waals surface area (Å²) >= 11 is 0. The van der Waals surface area contributed by atoms with Gasteiger partial charge in [-0.25, -0.2) is 28.7 Å². The number of hydrogen-bond donors (Lipinski definition) is 0. The molecule has 2 aromatic heterocycles. The van der Waals surface area contributed by atoms with Crippen LogP contribution in [0.3, 0.4) is 0 Å². The first-order valence-corrected chi connectivity index (χ1v) is 11.9. The zero-order chi connectivity index (χ0) is 24.5. The molecular weight excluding hydrogens is 462 g/mol. The van der Waals surface area contributed by atoms with Crippen LogP contribution in [0.5, 0.6) is 0 Å². The highest BCUT2D eigenvalue weighted by atomic mass is 19.1. The minimum atomic E-state index is -0.264. The van der Waals surface area contributed by atoms with E-state index in [1.165, 1.54) is 24.3 Å². The van der Waals surface area contributed by atoms with Gasteiger partial charge in [0.15, 0.2) is 23.3 Å². The number of halogens is 2. The summed E-state index contributed by atoms with van der Waals surface area (Å²) in [6.07, 6.45) is 8.63. The molecule has 10 heteroatoms. The van der Waals surface area contributed by atoms with Crippen LogP contribution in [0, 0.1) is 11.6 Å². The van der Waals surface area contributed by atoms with Gasteiger partial charge in [0.2, 0.25) is 0 Å². The second kappa shape index (κ2) is 9.37. The number of aromatic nitrogens is 4. The lowest BCUT2D eigenvalue weighted by Crippen LogP contribution is -2.31. The largest absolute Gasteiger partial charge is 0.335 e. The number of rotatable bonds is 7. The molecule has 0 unspecified atom stereocenters. The maximum absolute atomic E-state index is 13.4. The molecule has 2 aliphatic rings. The molecule has 0 fully saturated rings. The fraction of sp³-hybridized carbons (Fsp3) is 0.231. The summed E-state index contributed by atoms with van der Waals surface area (Å²) in [6.45, 7) is 2.85. The number of unbranched alkanes of at least 4 members (excludes halogenated alkanes) is 1. The normalized spacial score (nSPS) is 14.4. The highest BCUT2D eigenvalue weighted by molar-refractivity contribution is 5.77. The predicted molar refractivity (Wildman–Crippen MR) is 135 cm³/mol. The number of nitrogens with zero attached hydrogens (tertiary/aromatic N) is 8. The summed E-state index contributed by atoms with van der Waals surface area (Å²) in [5.41, 5.74) is 1.77. The Kier molecular flexibility index (Phi) is 5.76. The molecule has 36 heavy (non-hydrogen) atoms.